The van der Waals surface area contributed by atoms with E-state index in [1.807, 2.05) is 6.92 Å². The minimum absolute atomic E-state index is 0.186. The molecule has 0 aromatic rings. The van der Waals surface area contributed by atoms with Gasteiger partial charge in [0.2, 0.25) is 0 Å². The summed E-state index contributed by atoms with van der Waals surface area (Å²) in [5.74, 6) is 0. The SMILES string of the molecule is CCCCCCCC(CCCC)P(O)(O)(O)CCCC. The Kier molecular flexibility index (Phi) is 10.3. The molecule has 0 saturated heterocycles. The molecule has 1 unspecified atom stereocenters. The second kappa shape index (κ2) is 10.1. The van der Waals surface area contributed by atoms with Gasteiger partial charge in [0.05, 0.1) is 0 Å². The van der Waals surface area contributed by atoms with Crippen molar-refractivity contribution in [3.05, 3.63) is 0 Å². The van der Waals surface area contributed by atoms with E-state index in [0.717, 1.165) is 44.9 Å². The second-order valence-electron chi connectivity index (χ2n) is 6.30. The van der Waals surface area contributed by atoms with Crippen LogP contribution in [0.3, 0.4) is 0 Å². The van der Waals surface area contributed by atoms with Crippen molar-refractivity contribution >= 4 is 7.28 Å². The molecule has 0 rings (SSSR count). The summed E-state index contributed by atoms with van der Waals surface area (Å²) in [6.45, 7) is 6.31. The number of unbranched alkanes of at least 4 members (excludes halogenated alkanes) is 6. The van der Waals surface area contributed by atoms with Gasteiger partial charge in [0.1, 0.15) is 0 Å². The van der Waals surface area contributed by atoms with Crippen molar-refractivity contribution in [1.82, 2.24) is 0 Å². The fraction of sp³-hybridized carbons (Fsp3) is 1.00. The van der Waals surface area contributed by atoms with E-state index in [-0.39, 0.29) is 11.8 Å². The zero-order valence-electron chi connectivity index (χ0n) is 13.9. The van der Waals surface area contributed by atoms with E-state index in [0.29, 0.717) is 6.42 Å². The Morgan fingerprint density at radius 1 is 0.650 bits per heavy atom. The number of hydrogen-bond donors (Lipinski definition) is 3. The fourth-order valence-corrected chi connectivity index (χ4v) is 5.45. The normalized spacial score (nSPS) is 15.8. The third-order valence-corrected chi connectivity index (χ3v) is 7.41. The Balaban J connectivity index is 4.43. The van der Waals surface area contributed by atoms with E-state index >= 15 is 0 Å². The minimum atomic E-state index is -4.44. The molecule has 0 heterocycles. The summed E-state index contributed by atoms with van der Waals surface area (Å²) in [5, 5.41) is 0. The Bertz CT molecular complexity index is 236. The van der Waals surface area contributed by atoms with E-state index in [1.165, 1.54) is 19.3 Å². The van der Waals surface area contributed by atoms with Crippen LogP contribution in [-0.4, -0.2) is 26.5 Å². The van der Waals surface area contributed by atoms with Crippen molar-refractivity contribution in [2.24, 2.45) is 0 Å². The standard InChI is InChI=1S/C16H37O3P/c1-4-7-10-11-12-14-16(13-8-5-2)20(17,18,19)15-9-6-3/h16-19H,4-15H2,1-3H3. The summed E-state index contributed by atoms with van der Waals surface area (Å²) >= 11 is 0. The molecule has 0 radical (unpaired) electrons. The zero-order chi connectivity index (χ0) is 15.5. The molecule has 20 heavy (non-hydrogen) atoms. The van der Waals surface area contributed by atoms with Gasteiger partial charge in [-0.3, -0.25) is 0 Å². The van der Waals surface area contributed by atoms with Crippen molar-refractivity contribution in [2.75, 3.05) is 6.16 Å². The van der Waals surface area contributed by atoms with Crippen molar-refractivity contribution in [3.8, 4) is 0 Å². The van der Waals surface area contributed by atoms with Crippen LogP contribution >= 0.6 is 7.28 Å². The number of hydrogen-bond acceptors (Lipinski definition) is 3. The molecule has 0 bridgehead atoms. The Hall–Kier alpha value is 0.310. The molecule has 0 saturated carbocycles. The van der Waals surface area contributed by atoms with Crippen LogP contribution in [0.5, 0.6) is 0 Å². The van der Waals surface area contributed by atoms with Gasteiger partial charge in [-0.1, -0.05) is 0 Å². The average molecular weight is 308 g/mol. The summed E-state index contributed by atoms with van der Waals surface area (Å²) in [6.07, 6.45) is 11.1. The van der Waals surface area contributed by atoms with E-state index in [4.69, 9.17) is 0 Å². The third-order valence-electron chi connectivity index (χ3n) is 4.22. The molecule has 3 nitrogen and oxygen atoms in total. The molecule has 0 spiro atoms. The van der Waals surface area contributed by atoms with Crippen LogP contribution in [0.15, 0.2) is 0 Å². The second-order valence-corrected chi connectivity index (χ2v) is 9.92. The maximum absolute atomic E-state index is 10.4. The molecule has 0 aliphatic carbocycles. The van der Waals surface area contributed by atoms with Gasteiger partial charge in [-0.05, 0) is 0 Å². The van der Waals surface area contributed by atoms with Gasteiger partial charge in [0, 0.05) is 0 Å². The van der Waals surface area contributed by atoms with Crippen LogP contribution in [0.4, 0.5) is 0 Å². The number of rotatable bonds is 13. The van der Waals surface area contributed by atoms with E-state index in [1.54, 1.807) is 0 Å². The fourth-order valence-electron chi connectivity index (χ4n) is 2.74. The van der Waals surface area contributed by atoms with Gasteiger partial charge < -0.3 is 0 Å². The first kappa shape index (κ1) is 20.3. The van der Waals surface area contributed by atoms with Crippen LogP contribution in [-0.2, 0) is 0 Å². The Morgan fingerprint density at radius 3 is 1.70 bits per heavy atom. The Morgan fingerprint density at radius 2 is 1.15 bits per heavy atom. The van der Waals surface area contributed by atoms with Crippen LogP contribution in [0.2, 0.25) is 0 Å². The maximum atomic E-state index is 10.4. The summed E-state index contributed by atoms with van der Waals surface area (Å²) < 4.78 is 0. The Labute approximate surface area is 126 Å². The molecule has 0 fully saturated rings. The first-order valence-corrected chi connectivity index (χ1v) is 11.0. The quantitative estimate of drug-likeness (QED) is 0.332. The van der Waals surface area contributed by atoms with Gasteiger partial charge in [-0.15, -0.1) is 0 Å². The van der Waals surface area contributed by atoms with Crippen LogP contribution in [0.25, 0.3) is 0 Å². The van der Waals surface area contributed by atoms with Crippen molar-refractivity contribution in [1.29, 1.82) is 0 Å². The molecular weight excluding hydrogens is 271 g/mol. The average Bonchev–Trinajstić information content (AvgIpc) is 2.39. The van der Waals surface area contributed by atoms with Gasteiger partial charge >= 0.3 is 125 Å². The van der Waals surface area contributed by atoms with Crippen molar-refractivity contribution in [2.45, 2.75) is 97.1 Å². The predicted octanol–water partition coefficient (Wildman–Crippen LogP) is 4.98. The molecule has 0 amide bonds. The van der Waals surface area contributed by atoms with Crippen LogP contribution in [0.1, 0.15) is 91.4 Å². The van der Waals surface area contributed by atoms with Gasteiger partial charge in [-0.2, -0.15) is 0 Å². The first-order chi connectivity index (χ1) is 9.35. The van der Waals surface area contributed by atoms with E-state index in [2.05, 4.69) is 13.8 Å². The summed E-state index contributed by atoms with van der Waals surface area (Å²) in [7, 11) is -4.44. The van der Waals surface area contributed by atoms with Gasteiger partial charge in [0.25, 0.3) is 0 Å². The van der Waals surface area contributed by atoms with E-state index < -0.39 is 7.28 Å². The molecule has 0 aromatic heterocycles. The summed E-state index contributed by atoms with van der Waals surface area (Å²) in [6, 6.07) is 0. The van der Waals surface area contributed by atoms with Crippen LogP contribution in [0, 0.1) is 0 Å². The predicted molar refractivity (Wildman–Crippen MR) is 90.0 cm³/mol. The molecule has 4 heteroatoms. The van der Waals surface area contributed by atoms with Crippen molar-refractivity contribution in [3.63, 3.8) is 0 Å². The third kappa shape index (κ3) is 8.56. The topological polar surface area (TPSA) is 60.7 Å². The first-order valence-electron chi connectivity index (χ1n) is 8.61. The molecule has 3 N–H and O–H groups in total. The van der Waals surface area contributed by atoms with Crippen LogP contribution < -0.4 is 0 Å². The molecular formula is C16H37O3P. The monoisotopic (exact) mass is 308 g/mol. The summed E-state index contributed by atoms with van der Waals surface area (Å²) in [4.78, 5) is 31.3. The molecule has 124 valence electrons. The summed E-state index contributed by atoms with van der Waals surface area (Å²) in [5.41, 5.74) is -0.297. The molecule has 0 aliphatic rings. The van der Waals surface area contributed by atoms with Gasteiger partial charge in [-0.25, -0.2) is 0 Å². The zero-order valence-corrected chi connectivity index (χ0v) is 14.7. The van der Waals surface area contributed by atoms with Crippen molar-refractivity contribution < 1.29 is 14.7 Å². The van der Waals surface area contributed by atoms with Gasteiger partial charge in [0.15, 0.2) is 0 Å². The molecule has 1 atom stereocenters. The molecule has 0 aliphatic heterocycles. The van der Waals surface area contributed by atoms with E-state index in [9.17, 15) is 14.7 Å². The molecule has 0 aromatic carbocycles.